The van der Waals surface area contributed by atoms with Crippen LogP contribution in [0.15, 0.2) is 17.0 Å². The van der Waals surface area contributed by atoms with Gasteiger partial charge in [0.15, 0.2) is 0 Å². The van der Waals surface area contributed by atoms with E-state index < -0.39 is 10.1 Å². The van der Waals surface area contributed by atoms with Gasteiger partial charge in [0.1, 0.15) is 4.90 Å². The van der Waals surface area contributed by atoms with Crippen LogP contribution in [-0.2, 0) is 14.9 Å². The molecule has 1 amide bonds. The number of aryl methyl sites for hydroxylation is 1. The molecule has 0 aliphatic heterocycles. The predicted octanol–water partition coefficient (Wildman–Crippen LogP) is 0.782. The van der Waals surface area contributed by atoms with Crippen molar-refractivity contribution < 1.29 is 17.8 Å². The first-order chi connectivity index (χ1) is 7.21. The van der Waals surface area contributed by atoms with Crippen LogP contribution in [-0.4, -0.2) is 18.9 Å². The van der Waals surface area contributed by atoms with Crippen molar-refractivity contribution in [2.75, 3.05) is 11.1 Å². The number of carbonyl (C=O) groups is 1. The lowest BCUT2D eigenvalue weighted by atomic mass is 10.2. The Morgan fingerprint density at radius 2 is 2.00 bits per heavy atom. The van der Waals surface area contributed by atoms with Gasteiger partial charge in [-0.15, -0.1) is 0 Å². The van der Waals surface area contributed by atoms with Crippen molar-refractivity contribution in [2.45, 2.75) is 18.7 Å². The average molecular weight is 244 g/mol. The third-order valence-corrected chi connectivity index (χ3v) is 2.85. The molecule has 0 fully saturated rings. The minimum Gasteiger partial charge on any atom is -0.398 e. The second kappa shape index (κ2) is 4.11. The van der Waals surface area contributed by atoms with Crippen molar-refractivity contribution in [3.05, 3.63) is 17.7 Å². The van der Waals surface area contributed by atoms with Crippen molar-refractivity contribution in [3.8, 4) is 0 Å². The monoisotopic (exact) mass is 244 g/mol. The number of anilines is 2. The number of hydrogen-bond acceptors (Lipinski definition) is 4. The zero-order chi connectivity index (χ0) is 12.5. The fourth-order valence-corrected chi connectivity index (χ4v) is 1.93. The summed E-state index contributed by atoms with van der Waals surface area (Å²) in [6.07, 6.45) is 0. The Morgan fingerprint density at radius 1 is 1.44 bits per heavy atom. The van der Waals surface area contributed by atoms with Crippen LogP contribution in [0, 0.1) is 6.92 Å². The van der Waals surface area contributed by atoms with Gasteiger partial charge in [0.2, 0.25) is 5.91 Å². The summed E-state index contributed by atoms with van der Waals surface area (Å²) >= 11 is 0. The Morgan fingerprint density at radius 3 is 2.44 bits per heavy atom. The summed E-state index contributed by atoms with van der Waals surface area (Å²) in [5.74, 6) is -0.290. The summed E-state index contributed by atoms with van der Waals surface area (Å²) in [7, 11) is -4.34. The molecule has 1 aromatic carbocycles. The molecule has 0 heterocycles. The van der Waals surface area contributed by atoms with E-state index in [9.17, 15) is 13.2 Å². The Balaban J connectivity index is 3.33. The molecule has 4 N–H and O–H groups in total. The van der Waals surface area contributed by atoms with Crippen LogP contribution in [0.1, 0.15) is 12.5 Å². The van der Waals surface area contributed by atoms with Gasteiger partial charge in [0.05, 0.1) is 5.69 Å². The molecule has 16 heavy (non-hydrogen) atoms. The SMILES string of the molecule is CC(=O)Nc1cc(N)c(S(=O)(=O)O)cc1C. The lowest BCUT2D eigenvalue weighted by Gasteiger charge is -2.10. The maximum atomic E-state index is 10.9. The summed E-state index contributed by atoms with van der Waals surface area (Å²) in [6.45, 7) is 2.92. The molecule has 88 valence electrons. The molecule has 0 unspecified atom stereocenters. The van der Waals surface area contributed by atoms with Crippen LogP contribution in [0.3, 0.4) is 0 Å². The first kappa shape index (κ1) is 12.5. The number of amides is 1. The third kappa shape index (κ3) is 2.71. The van der Waals surface area contributed by atoms with Gasteiger partial charge in [-0.3, -0.25) is 9.35 Å². The van der Waals surface area contributed by atoms with Gasteiger partial charge in [0, 0.05) is 12.6 Å². The minimum absolute atomic E-state index is 0.114. The predicted molar refractivity (Wildman–Crippen MR) is 59.7 cm³/mol. The van der Waals surface area contributed by atoms with E-state index in [4.69, 9.17) is 10.3 Å². The normalized spacial score (nSPS) is 11.2. The molecule has 0 aromatic heterocycles. The largest absolute Gasteiger partial charge is 0.398 e. The van der Waals surface area contributed by atoms with Crippen LogP contribution in [0.5, 0.6) is 0 Å². The first-order valence-corrected chi connectivity index (χ1v) is 5.81. The lowest BCUT2D eigenvalue weighted by molar-refractivity contribution is -0.114. The maximum absolute atomic E-state index is 10.9. The number of nitrogen functional groups attached to an aromatic ring is 1. The summed E-state index contributed by atoms with van der Waals surface area (Å²) in [4.78, 5) is 10.5. The molecule has 0 saturated heterocycles. The molecule has 0 aliphatic carbocycles. The van der Waals surface area contributed by atoms with Crippen molar-refractivity contribution >= 4 is 27.4 Å². The zero-order valence-corrected chi connectivity index (χ0v) is 9.63. The van der Waals surface area contributed by atoms with E-state index in [-0.39, 0.29) is 16.5 Å². The van der Waals surface area contributed by atoms with E-state index in [1.54, 1.807) is 6.92 Å². The van der Waals surface area contributed by atoms with Crippen molar-refractivity contribution in [1.82, 2.24) is 0 Å². The van der Waals surface area contributed by atoms with E-state index in [1.807, 2.05) is 0 Å². The van der Waals surface area contributed by atoms with E-state index in [2.05, 4.69) is 5.32 Å². The van der Waals surface area contributed by atoms with E-state index >= 15 is 0 Å². The Labute approximate surface area is 93.2 Å². The number of carbonyl (C=O) groups excluding carboxylic acids is 1. The summed E-state index contributed by atoms with van der Waals surface area (Å²) in [6, 6.07) is 2.50. The quantitative estimate of drug-likeness (QED) is 0.526. The van der Waals surface area contributed by atoms with Gasteiger partial charge in [-0.05, 0) is 24.6 Å². The average Bonchev–Trinajstić information content (AvgIpc) is 2.07. The molecule has 7 heteroatoms. The molecule has 0 aliphatic rings. The van der Waals surface area contributed by atoms with Gasteiger partial charge in [-0.2, -0.15) is 8.42 Å². The lowest BCUT2D eigenvalue weighted by Crippen LogP contribution is -2.10. The van der Waals surface area contributed by atoms with Crippen LogP contribution in [0.4, 0.5) is 11.4 Å². The van der Waals surface area contributed by atoms with Gasteiger partial charge in [-0.1, -0.05) is 0 Å². The van der Waals surface area contributed by atoms with Gasteiger partial charge < -0.3 is 11.1 Å². The highest BCUT2D eigenvalue weighted by Gasteiger charge is 2.16. The van der Waals surface area contributed by atoms with Crippen molar-refractivity contribution in [2.24, 2.45) is 0 Å². The Hall–Kier alpha value is -1.60. The Bertz CT molecular complexity index is 537. The topological polar surface area (TPSA) is 109 Å². The molecule has 0 spiro atoms. The second-order valence-electron chi connectivity index (χ2n) is 3.36. The van der Waals surface area contributed by atoms with E-state index in [0.29, 0.717) is 11.3 Å². The molecule has 0 radical (unpaired) electrons. The molecular weight excluding hydrogens is 232 g/mol. The van der Waals surface area contributed by atoms with E-state index in [0.717, 1.165) is 0 Å². The summed E-state index contributed by atoms with van der Waals surface area (Å²) in [5.41, 5.74) is 6.26. The van der Waals surface area contributed by atoms with Crippen LogP contribution < -0.4 is 11.1 Å². The first-order valence-electron chi connectivity index (χ1n) is 4.37. The van der Waals surface area contributed by atoms with Crippen molar-refractivity contribution in [3.63, 3.8) is 0 Å². The van der Waals surface area contributed by atoms with Crippen molar-refractivity contribution in [1.29, 1.82) is 0 Å². The number of rotatable bonds is 2. The number of hydrogen-bond donors (Lipinski definition) is 3. The second-order valence-corrected chi connectivity index (χ2v) is 4.75. The minimum atomic E-state index is -4.34. The standard InChI is InChI=1S/C9H12N2O4S/c1-5-3-9(16(13,14)15)7(10)4-8(5)11-6(2)12/h3-4H,10H2,1-2H3,(H,11,12)(H,13,14,15). The number of benzene rings is 1. The smallest absolute Gasteiger partial charge is 0.296 e. The highest BCUT2D eigenvalue weighted by Crippen LogP contribution is 2.26. The highest BCUT2D eigenvalue weighted by atomic mass is 32.2. The molecular formula is C9H12N2O4S. The molecule has 6 nitrogen and oxygen atoms in total. The summed E-state index contributed by atoms with van der Waals surface area (Å²) < 4.78 is 30.7. The molecule has 1 rings (SSSR count). The van der Waals surface area contributed by atoms with Crippen LogP contribution >= 0.6 is 0 Å². The Kier molecular flexibility index (Phi) is 3.20. The number of nitrogens with two attached hydrogens (primary N) is 1. The fraction of sp³-hybridized carbons (Fsp3) is 0.222. The van der Waals surface area contributed by atoms with Gasteiger partial charge in [-0.25, -0.2) is 0 Å². The highest BCUT2D eigenvalue weighted by molar-refractivity contribution is 7.86. The third-order valence-electron chi connectivity index (χ3n) is 1.95. The molecule has 0 bridgehead atoms. The zero-order valence-electron chi connectivity index (χ0n) is 8.81. The van der Waals surface area contributed by atoms with Gasteiger partial charge in [0.25, 0.3) is 10.1 Å². The van der Waals surface area contributed by atoms with Gasteiger partial charge >= 0.3 is 0 Å². The summed E-state index contributed by atoms with van der Waals surface area (Å²) in [5, 5.41) is 2.50. The maximum Gasteiger partial charge on any atom is 0.296 e. The molecule has 0 saturated carbocycles. The van der Waals surface area contributed by atoms with Crippen LogP contribution in [0.25, 0.3) is 0 Å². The van der Waals surface area contributed by atoms with Crippen LogP contribution in [0.2, 0.25) is 0 Å². The molecule has 1 aromatic rings. The fourth-order valence-electron chi connectivity index (χ4n) is 1.25. The van der Waals surface area contributed by atoms with E-state index in [1.165, 1.54) is 19.1 Å². The number of nitrogens with one attached hydrogen (secondary N) is 1. The molecule has 0 atom stereocenters.